The number of fused-ring (bicyclic) bond motifs is 3. The van der Waals surface area contributed by atoms with Crippen molar-refractivity contribution >= 4 is 10.8 Å². The maximum atomic E-state index is 9.49. The summed E-state index contributed by atoms with van der Waals surface area (Å²) in [6.45, 7) is 4.33. The van der Waals surface area contributed by atoms with Crippen LogP contribution in [-0.4, -0.2) is 9.97 Å². The summed E-state index contributed by atoms with van der Waals surface area (Å²) in [5.41, 5.74) is 7.00. The first-order chi connectivity index (χ1) is 19.5. The van der Waals surface area contributed by atoms with Crippen molar-refractivity contribution in [3.8, 4) is 51.5 Å². The first-order valence-corrected chi connectivity index (χ1v) is 13.3. The van der Waals surface area contributed by atoms with Gasteiger partial charge in [-0.1, -0.05) is 80.6 Å². The van der Waals surface area contributed by atoms with E-state index in [-0.39, 0.29) is 5.41 Å². The highest BCUT2D eigenvalue weighted by atomic mass is 16.5. The molecule has 0 amide bonds. The fourth-order valence-corrected chi connectivity index (χ4v) is 5.52. The van der Waals surface area contributed by atoms with Gasteiger partial charge in [0.2, 0.25) is 0 Å². The van der Waals surface area contributed by atoms with Gasteiger partial charge in [-0.15, -0.1) is 0 Å². The summed E-state index contributed by atoms with van der Waals surface area (Å²) in [6.07, 6.45) is 0. The van der Waals surface area contributed by atoms with E-state index in [2.05, 4.69) is 86.6 Å². The minimum Gasteiger partial charge on any atom is -0.457 e. The quantitative estimate of drug-likeness (QED) is 0.236. The molecule has 0 N–H and O–H groups in total. The summed E-state index contributed by atoms with van der Waals surface area (Å²) in [5.74, 6) is 2.24. The normalized spacial score (nSPS) is 13.1. The van der Waals surface area contributed by atoms with Crippen LogP contribution in [0.15, 0.2) is 115 Å². The third kappa shape index (κ3) is 4.00. The van der Waals surface area contributed by atoms with Crippen molar-refractivity contribution in [3.05, 3.63) is 132 Å². The highest BCUT2D eigenvalue weighted by Gasteiger charge is 2.35. The van der Waals surface area contributed by atoms with Gasteiger partial charge in [0, 0.05) is 33.2 Å². The van der Waals surface area contributed by atoms with Gasteiger partial charge in [-0.3, -0.25) is 0 Å². The Balaban J connectivity index is 1.39. The molecule has 1 aliphatic heterocycles. The van der Waals surface area contributed by atoms with Gasteiger partial charge in [0.1, 0.15) is 11.5 Å². The van der Waals surface area contributed by atoms with Crippen LogP contribution in [0.5, 0.6) is 11.5 Å². The van der Waals surface area contributed by atoms with E-state index in [0.717, 1.165) is 50.7 Å². The number of nitriles is 1. The van der Waals surface area contributed by atoms with Gasteiger partial charge in [0.25, 0.3) is 0 Å². The zero-order valence-corrected chi connectivity index (χ0v) is 22.2. The molecule has 7 rings (SSSR count). The Morgan fingerprint density at radius 1 is 0.600 bits per heavy atom. The molecule has 0 saturated carbocycles. The molecule has 0 spiro atoms. The van der Waals surface area contributed by atoms with Crippen molar-refractivity contribution in [2.45, 2.75) is 19.3 Å². The van der Waals surface area contributed by atoms with Crippen LogP contribution in [0.3, 0.4) is 0 Å². The average molecular weight is 516 g/mol. The number of hydrogen-bond donors (Lipinski definition) is 0. The third-order valence-corrected chi connectivity index (χ3v) is 7.75. The molecule has 1 aliphatic rings. The van der Waals surface area contributed by atoms with Gasteiger partial charge < -0.3 is 4.74 Å². The standard InChI is InChI=1S/C36H25N3O/c1-36(2)29-18-23(22-37)12-16-33(29)40-34-17-15-28(20-30(34)36)35-38-31(25-9-4-3-5-10-25)21-32(39-35)27-14-13-24-8-6-7-11-26(24)19-27/h3-21H,1-2H3. The zero-order valence-electron chi connectivity index (χ0n) is 22.2. The predicted octanol–water partition coefficient (Wildman–Crippen LogP) is 8.93. The van der Waals surface area contributed by atoms with Crippen molar-refractivity contribution in [2.75, 3.05) is 0 Å². The second kappa shape index (κ2) is 9.18. The van der Waals surface area contributed by atoms with E-state index < -0.39 is 0 Å². The van der Waals surface area contributed by atoms with Crippen LogP contribution >= 0.6 is 0 Å². The molecular formula is C36H25N3O. The Kier molecular flexibility index (Phi) is 5.47. The van der Waals surface area contributed by atoms with E-state index in [9.17, 15) is 5.26 Å². The Morgan fingerprint density at radius 2 is 1.25 bits per heavy atom. The second-order valence-corrected chi connectivity index (χ2v) is 10.7. The Bertz CT molecular complexity index is 1970. The lowest BCUT2D eigenvalue weighted by atomic mass is 9.75. The first kappa shape index (κ1) is 23.8. The maximum absolute atomic E-state index is 9.49. The van der Waals surface area contributed by atoms with Crippen molar-refractivity contribution in [1.29, 1.82) is 5.26 Å². The molecule has 0 fully saturated rings. The molecule has 0 saturated heterocycles. The summed E-state index contributed by atoms with van der Waals surface area (Å²) in [5, 5.41) is 11.9. The van der Waals surface area contributed by atoms with E-state index in [1.165, 1.54) is 10.8 Å². The minimum absolute atomic E-state index is 0.371. The minimum atomic E-state index is -0.371. The van der Waals surface area contributed by atoms with Crippen molar-refractivity contribution in [1.82, 2.24) is 9.97 Å². The van der Waals surface area contributed by atoms with Crippen LogP contribution in [0.1, 0.15) is 30.5 Å². The van der Waals surface area contributed by atoms with E-state index >= 15 is 0 Å². The average Bonchev–Trinajstić information content (AvgIpc) is 3.01. The number of hydrogen-bond acceptors (Lipinski definition) is 4. The molecule has 1 aromatic heterocycles. The zero-order chi connectivity index (χ0) is 27.3. The lowest BCUT2D eigenvalue weighted by molar-refractivity contribution is 0.418. The molecule has 0 bridgehead atoms. The third-order valence-electron chi connectivity index (χ3n) is 7.75. The van der Waals surface area contributed by atoms with Crippen molar-refractivity contribution in [3.63, 3.8) is 0 Å². The first-order valence-electron chi connectivity index (χ1n) is 13.3. The predicted molar refractivity (Wildman–Crippen MR) is 159 cm³/mol. The number of nitrogens with zero attached hydrogens (tertiary/aromatic N) is 3. The van der Waals surface area contributed by atoms with Gasteiger partial charge in [0.05, 0.1) is 23.0 Å². The van der Waals surface area contributed by atoms with Gasteiger partial charge in [-0.2, -0.15) is 5.26 Å². The largest absolute Gasteiger partial charge is 0.457 e. The molecule has 4 nitrogen and oxygen atoms in total. The van der Waals surface area contributed by atoms with E-state index in [0.29, 0.717) is 11.4 Å². The fraction of sp³-hybridized carbons (Fsp3) is 0.0833. The SMILES string of the molecule is CC1(C)c2cc(C#N)ccc2Oc2ccc(-c3nc(-c4ccccc4)cc(-c4ccc5ccccc5c4)n3)cc21. The van der Waals surface area contributed by atoms with Gasteiger partial charge in [0.15, 0.2) is 5.82 Å². The van der Waals surface area contributed by atoms with Crippen molar-refractivity contribution < 1.29 is 4.74 Å². The second-order valence-electron chi connectivity index (χ2n) is 10.7. The van der Waals surface area contributed by atoms with Gasteiger partial charge in [-0.25, -0.2) is 9.97 Å². The summed E-state index contributed by atoms with van der Waals surface area (Å²) in [6, 6.07) is 41.1. The monoisotopic (exact) mass is 515 g/mol. The number of ether oxygens (including phenoxy) is 1. The van der Waals surface area contributed by atoms with Gasteiger partial charge >= 0.3 is 0 Å². The summed E-state index contributed by atoms with van der Waals surface area (Å²) in [7, 11) is 0. The van der Waals surface area contributed by atoms with Crippen molar-refractivity contribution in [2.24, 2.45) is 0 Å². The lowest BCUT2D eigenvalue weighted by Crippen LogP contribution is -2.24. The van der Waals surface area contributed by atoms with Crippen LogP contribution in [0, 0.1) is 11.3 Å². The number of rotatable bonds is 3. The molecule has 0 aliphatic carbocycles. The highest BCUT2D eigenvalue weighted by molar-refractivity contribution is 5.87. The molecule has 190 valence electrons. The Morgan fingerprint density at radius 3 is 2.02 bits per heavy atom. The molecule has 4 heteroatoms. The molecule has 5 aromatic carbocycles. The smallest absolute Gasteiger partial charge is 0.160 e. The van der Waals surface area contributed by atoms with Crippen LogP contribution in [0.2, 0.25) is 0 Å². The summed E-state index contributed by atoms with van der Waals surface area (Å²) in [4.78, 5) is 10.1. The van der Waals surface area contributed by atoms with Crippen LogP contribution < -0.4 is 4.74 Å². The van der Waals surface area contributed by atoms with Crippen LogP contribution in [0.4, 0.5) is 0 Å². The molecular weight excluding hydrogens is 490 g/mol. The maximum Gasteiger partial charge on any atom is 0.160 e. The van der Waals surface area contributed by atoms with E-state index in [4.69, 9.17) is 14.7 Å². The molecule has 40 heavy (non-hydrogen) atoms. The number of benzene rings is 5. The topological polar surface area (TPSA) is 58.8 Å². The van der Waals surface area contributed by atoms with Crippen LogP contribution in [-0.2, 0) is 5.41 Å². The fourth-order valence-electron chi connectivity index (χ4n) is 5.52. The van der Waals surface area contributed by atoms with Crippen LogP contribution in [0.25, 0.3) is 44.7 Å². The molecule has 2 heterocycles. The van der Waals surface area contributed by atoms with Gasteiger partial charge in [-0.05, 0) is 59.3 Å². The summed E-state index contributed by atoms with van der Waals surface area (Å²) < 4.78 is 6.28. The number of aromatic nitrogens is 2. The lowest BCUT2D eigenvalue weighted by Gasteiger charge is -2.34. The summed E-state index contributed by atoms with van der Waals surface area (Å²) >= 11 is 0. The van der Waals surface area contributed by atoms with E-state index in [1.54, 1.807) is 6.07 Å². The molecule has 0 atom stereocenters. The Hall–Kier alpha value is -5.27. The highest BCUT2D eigenvalue weighted by Crippen LogP contribution is 2.49. The molecule has 0 radical (unpaired) electrons. The van der Waals surface area contributed by atoms with E-state index in [1.807, 2.05) is 42.5 Å². The Labute approximate surface area is 233 Å². The molecule has 0 unspecified atom stereocenters. The molecule has 6 aromatic rings.